The molecule has 14 nitrogen and oxygen atoms in total. The average molecular weight is 455 g/mol. The lowest BCUT2D eigenvalue weighted by molar-refractivity contribution is -0.311. The molecule has 14 heteroatoms. The summed E-state index contributed by atoms with van der Waals surface area (Å²) in [5.41, 5.74) is 17.6. The summed E-state index contributed by atoms with van der Waals surface area (Å²) in [5, 5.41) is 70.1. The van der Waals surface area contributed by atoms with Crippen LogP contribution in [-0.4, -0.2) is 135 Å². The maximum atomic E-state index is 10.5. The molecule has 31 heavy (non-hydrogen) atoms. The van der Waals surface area contributed by atoms with Gasteiger partial charge < -0.3 is 71.9 Å². The first-order chi connectivity index (χ1) is 14.6. The fraction of sp³-hybridized carbons (Fsp3) is 1.00. The molecular formula is C17H33N3O11. The zero-order valence-corrected chi connectivity index (χ0v) is 16.7. The monoisotopic (exact) mass is 455 g/mol. The molecule has 0 radical (unpaired) electrons. The molecule has 2 saturated heterocycles. The molecule has 3 rings (SSSR count). The van der Waals surface area contributed by atoms with Gasteiger partial charge in [-0.15, -0.1) is 0 Å². The van der Waals surface area contributed by atoms with Crippen LogP contribution in [0.1, 0.15) is 6.42 Å². The third-order valence-electron chi connectivity index (χ3n) is 6.05. The van der Waals surface area contributed by atoms with Crippen molar-refractivity contribution < 1.29 is 54.7 Å². The summed E-state index contributed by atoms with van der Waals surface area (Å²) in [6.07, 6.45) is -16.0. The summed E-state index contributed by atoms with van der Waals surface area (Å²) >= 11 is 0. The van der Waals surface area contributed by atoms with Crippen LogP contribution in [0.25, 0.3) is 0 Å². The van der Waals surface area contributed by atoms with Crippen molar-refractivity contribution >= 4 is 0 Å². The van der Waals surface area contributed by atoms with Gasteiger partial charge in [0.15, 0.2) is 12.6 Å². The highest BCUT2D eigenvalue weighted by atomic mass is 16.7. The van der Waals surface area contributed by atoms with Gasteiger partial charge in [0.1, 0.15) is 54.9 Å². The predicted molar refractivity (Wildman–Crippen MR) is 99.8 cm³/mol. The normalized spacial score (nSPS) is 53.6. The molecule has 0 aromatic rings. The quantitative estimate of drug-likeness (QED) is 0.179. The second kappa shape index (κ2) is 10.1. The average Bonchev–Trinajstić information content (AvgIpc) is 3.02. The minimum Gasteiger partial charge on any atom is -0.394 e. The Balaban J connectivity index is 1.78. The fourth-order valence-electron chi connectivity index (χ4n) is 4.10. The Morgan fingerprint density at radius 1 is 0.742 bits per heavy atom. The van der Waals surface area contributed by atoms with Crippen molar-refractivity contribution in [1.29, 1.82) is 0 Å². The molecule has 0 amide bonds. The van der Waals surface area contributed by atoms with E-state index in [1.807, 2.05) is 0 Å². The minimum atomic E-state index is -1.55. The number of hydrogen-bond donors (Lipinski definition) is 10. The molecule has 0 spiro atoms. The number of nitrogens with two attached hydrogens (primary N) is 3. The third-order valence-corrected chi connectivity index (χ3v) is 6.05. The lowest BCUT2D eigenvalue weighted by Crippen LogP contribution is -2.67. The van der Waals surface area contributed by atoms with E-state index in [-0.39, 0.29) is 13.0 Å². The molecule has 1 saturated carbocycles. The molecule has 0 aromatic carbocycles. The number of ether oxygens (including phenoxy) is 4. The van der Waals surface area contributed by atoms with E-state index in [1.54, 1.807) is 0 Å². The minimum absolute atomic E-state index is 0.0743. The van der Waals surface area contributed by atoms with E-state index in [1.165, 1.54) is 0 Å². The molecule has 14 atom stereocenters. The van der Waals surface area contributed by atoms with Crippen LogP contribution >= 0.6 is 0 Å². The van der Waals surface area contributed by atoms with Gasteiger partial charge in [-0.3, -0.25) is 0 Å². The fourth-order valence-corrected chi connectivity index (χ4v) is 4.10. The van der Waals surface area contributed by atoms with Crippen LogP contribution in [0.15, 0.2) is 0 Å². The van der Waals surface area contributed by atoms with E-state index in [2.05, 4.69) is 0 Å². The summed E-state index contributed by atoms with van der Waals surface area (Å²) in [5.74, 6) is 0. The Morgan fingerprint density at radius 2 is 1.32 bits per heavy atom. The molecule has 3 aliphatic rings. The molecule has 3 fully saturated rings. The highest BCUT2D eigenvalue weighted by Crippen LogP contribution is 2.32. The summed E-state index contributed by atoms with van der Waals surface area (Å²) in [7, 11) is 0. The van der Waals surface area contributed by atoms with E-state index >= 15 is 0 Å². The molecule has 0 aromatic heterocycles. The molecule has 13 N–H and O–H groups in total. The van der Waals surface area contributed by atoms with Crippen LogP contribution in [0, 0.1) is 0 Å². The van der Waals surface area contributed by atoms with Crippen molar-refractivity contribution in [3.63, 3.8) is 0 Å². The second-order valence-corrected chi connectivity index (χ2v) is 8.20. The Hall–Kier alpha value is -0.560. The van der Waals surface area contributed by atoms with Crippen molar-refractivity contribution in [3.05, 3.63) is 0 Å². The topological polar surface area (TPSA) is 257 Å². The van der Waals surface area contributed by atoms with Gasteiger partial charge in [0.25, 0.3) is 0 Å². The lowest BCUT2D eigenvalue weighted by Gasteiger charge is -2.47. The van der Waals surface area contributed by atoms with Gasteiger partial charge in [-0.2, -0.15) is 0 Å². The number of aliphatic hydroxyl groups excluding tert-OH is 7. The smallest absolute Gasteiger partial charge is 0.187 e. The predicted octanol–water partition coefficient (Wildman–Crippen LogP) is -6.62. The standard InChI is InChI=1S/C17H33N3O11/c18-2-6-10(24)12(26)8(20)16(28-6)30-14-4(19)1-5(22)9(23)15(14)31-17-13(27)11(25)7(3-21)29-17/h4-17,21-27H,1-3,18-20H2/t4-,5+,6-,7+,8-,9-,10-,11+,12-,13-,14+,15+,16+,17+/m0/s1. The summed E-state index contributed by atoms with van der Waals surface area (Å²) in [6.45, 7) is -0.718. The van der Waals surface area contributed by atoms with Crippen molar-refractivity contribution in [2.45, 2.75) is 92.1 Å². The van der Waals surface area contributed by atoms with Crippen molar-refractivity contribution in [2.24, 2.45) is 17.2 Å². The number of hydrogen-bond acceptors (Lipinski definition) is 14. The first-order valence-electron chi connectivity index (χ1n) is 10.1. The van der Waals surface area contributed by atoms with Crippen LogP contribution < -0.4 is 17.2 Å². The van der Waals surface area contributed by atoms with Crippen molar-refractivity contribution in [1.82, 2.24) is 0 Å². The molecule has 2 heterocycles. The van der Waals surface area contributed by atoms with E-state index in [4.69, 9.17) is 36.1 Å². The third kappa shape index (κ3) is 4.87. The summed E-state index contributed by atoms with van der Waals surface area (Å²) < 4.78 is 22.3. The van der Waals surface area contributed by atoms with Crippen LogP contribution in [0.3, 0.4) is 0 Å². The zero-order chi connectivity index (χ0) is 23.0. The van der Waals surface area contributed by atoms with Crippen molar-refractivity contribution in [2.75, 3.05) is 13.2 Å². The first kappa shape index (κ1) is 25.1. The van der Waals surface area contributed by atoms with Gasteiger partial charge >= 0.3 is 0 Å². The molecular weight excluding hydrogens is 422 g/mol. The maximum absolute atomic E-state index is 10.5. The summed E-state index contributed by atoms with van der Waals surface area (Å²) in [6, 6.07) is -2.08. The molecule has 2 aliphatic heterocycles. The Kier molecular flexibility index (Phi) is 8.21. The van der Waals surface area contributed by atoms with Gasteiger partial charge in [0.05, 0.1) is 18.8 Å². The Labute approximate surface area is 178 Å². The van der Waals surface area contributed by atoms with Gasteiger partial charge in [-0.05, 0) is 6.42 Å². The highest BCUT2D eigenvalue weighted by molar-refractivity contribution is 5.00. The van der Waals surface area contributed by atoms with Crippen LogP contribution in [0.5, 0.6) is 0 Å². The van der Waals surface area contributed by atoms with Crippen LogP contribution in [0.2, 0.25) is 0 Å². The van der Waals surface area contributed by atoms with Crippen LogP contribution in [-0.2, 0) is 18.9 Å². The largest absolute Gasteiger partial charge is 0.394 e. The number of rotatable bonds is 6. The lowest BCUT2D eigenvalue weighted by atomic mass is 9.85. The van der Waals surface area contributed by atoms with Crippen LogP contribution in [0.4, 0.5) is 0 Å². The van der Waals surface area contributed by atoms with Crippen molar-refractivity contribution in [3.8, 4) is 0 Å². The van der Waals surface area contributed by atoms with Gasteiger partial charge in [0.2, 0.25) is 0 Å². The molecule has 1 aliphatic carbocycles. The molecule has 182 valence electrons. The second-order valence-electron chi connectivity index (χ2n) is 8.20. The summed E-state index contributed by atoms with van der Waals surface area (Å²) in [4.78, 5) is 0. The molecule has 0 unspecified atom stereocenters. The highest BCUT2D eigenvalue weighted by Gasteiger charge is 2.52. The van der Waals surface area contributed by atoms with E-state index < -0.39 is 92.3 Å². The van der Waals surface area contributed by atoms with E-state index in [0.29, 0.717) is 0 Å². The van der Waals surface area contributed by atoms with Gasteiger partial charge in [0, 0.05) is 12.6 Å². The van der Waals surface area contributed by atoms with Gasteiger partial charge in [-0.1, -0.05) is 0 Å². The number of aliphatic hydroxyl groups is 7. The van der Waals surface area contributed by atoms with E-state index in [9.17, 15) is 35.7 Å². The first-order valence-corrected chi connectivity index (χ1v) is 10.1. The Bertz CT molecular complexity index is 590. The Morgan fingerprint density at radius 3 is 1.90 bits per heavy atom. The van der Waals surface area contributed by atoms with Gasteiger partial charge in [-0.25, -0.2) is 0 Å². The molecule has 0 bridgehead atoms. The maximum Gasteiger partial charge on any atom is 0.187 e. The SMILES string of the molecule is NC[C@@H]1O[C@H](O[C@H]2[C@H](O[C@H]3O[C@H](CO)[C@@H](O)[C@@H]3O)[C@@H](O)[C@H](O)C[C@@H]2N)[C@@H](N)[C@H](O)[C@H]1O. The van der Waals surface area contributed by atoms with E-state index in [0.717, 1.165) is 0 Å². The zero-order valence-electron chi connectivity index (χ0n) is 16.7.